The van der Waals surface area contributed by atoms with Crippen molar-refractivity contribution in [1.29, 1.82) is 0 Å². The summed E-state index contributed by atoms with van der Waals surface area (Å²) in [5.74, 6) is -0.819. The summed E-state index contributed by atoms with van der Waals surface area (Å²) in [5.41, 5.74) is 0. The molecule has 2 atom stereocenters. The van der Waals surface area contributed by atoms with Crippen LogP contribution in [-0.4, -0.2) is 74.9 Å². The van der Waals surface area contributed by atoms with Gasteiger partial charge in [-0.1, -0.05) is 239 Å². The van der Waals surface area contributed by atoms with Gasteiger partial charge in [-0.2, -0.15) is 0 Å². The van der Waals surface area contributed by atoms with E-state index in [2.05, 4.69) is 123 Å². The summed E-state index contributed by atoms with van der Waals surface area (Å²) in [6.07, 6.45) is 78.7. The highest BCUT2D eigenvalue weighted by Crippen LogP contribution is 2.43. The minimum Gasteiger partial charge on any atom is -0.462 e. The number of phosphoric acid groups is 1. The predicted octanol–water partition coefficient (Wildman–Crippen LogP) is 19.4. The maximum absolute atomic E-state index is 12.8. The van der Waals surface area contributed by atoms with Gasteiger partial charge < -0.3 is 18.9 Å². The van der Waals surface area contributed by atoms with Crippen LogP contribution in [0, 0.1) is 0 Å². The minimum absolute atomic E-state index is 0.0230. The Labute approximate surface area is 467 Å². The Hall–Kier alpha value is -3.33. The van der Waals surface area contributed by atoms with E-state index in [-0.39, 0.29) is 32.0 Å². The van der Waals surface area contributed by atoms with Crippen molar-refractivity contribution in [2.75, 3.05) is 47.5 Å². The molecular weight excluding hydrogens is 966 g/mol. The summed E-state index contributed by atoms with van der Waals surface area (Å²) in [6.45, 7) is 4.30. The average Bonchev–Trinajstić information content (AvgIpc) is 3.38. The van der Waals surface area contributed by atoms with Crippen LogP contribution in [0.15, 0.2) is 109 Å². The minimum atomic E-state index is -4.40. The lowest BCUT2D eigenvalue weighted by Crippen LogP contribution is -2.37. The third-order valence-corrected chi connectivity index (χ3v) is 13.8. The highest BCUT2D eigenvalue weighted by atomic mass is 31.2. The molecule has 76 heavy (non-hydrogen) atoms. The van der Waals surface area contributed by atoms with E-state index in [0.717, 1.165) is 109 Å². The van der Waals surface area contributed by atoms with Gasteiger partial charge in [0.15, 0.2) is 6.10 Å². The summed E-state index contributed by atoms with van der Waals surface area (Å²) in [6, 6.07) is 0. The van der Waals surface area contributed by atoms with E-state index in [0.29, 0.717) is 17.4 Å². The molecule has 9 nitrogen and oxygen atoms in total. The van der Waals surface area contributed by atoms with Crippen LogP contribution in [0.25, 0.3) is 0 Å². The number of allylic oxidation sites excluding steroid dienone is 18. The number of rotatable bonds is 55. The third kappa shape index (κ3) is 59.9. The molecule has 0 bridgehead atoms. The maximum atomic E-state index is 12.8. The van der Waals surface area contributed by atoms with Gasteiger partial charge in [-0.05, 0) is 103 Å². The number of hydrogen-bond acceptors (Lipinski definition) is 7. The van der Waals surface area contributed by atoms with Crippen molar-refractivity contribution in [1.82, 2.24) is 0 Å². The Morgan fingerprint density at radius 1 is 0.421 bits per heavy atom. The van der Waals surface area contributed by atoms with Crippen molar-refractivity contribution in [2.24, 2.45) is 0 Å². The normalized spacial score (nSPS) is 14.0. The third-order valence-electron chi connectivity index (χ3n) is 12.8. The zero-order valence-corrected chi connectivity index (χ0v) is 50.3. The molecule has 0 spiro atoms. The molecule has 0 aromatic heterocycles. The number of ether oxygens (including phenoxy) is 2. The maximum Gasteiger partial charge on any atom is 0.472 e. The number of likely N-dealkylation sites (N-methyl/N-ethyl adjacent to an activating group) is 1. The van der Waals surface area contributed by atoms with Gasteiger partial charge in [0.05, 0.1) is 27.7 Å². The van der Waals surface area contributed by atoms with Crippen LogP contribution in [0.4, 0.5) is 0 Å². The van der Waals surface area contributed by atoms with E-state index in [9.17, 15) is 19.0 Å². The molecule has 0 saturated heterocycles. The van der Waals surface area contributed by atoms with Gasteiger partial charge in [0.1, 0.15) is 19.8 Å². The van der Waals surface area contributed by atoms with Crippen molar-refractivity contribution in [3.05, 3.63) is 109 Å². The van der Waals surface area contributed by atoms with E-state index in [4.69, 9.17) is 18.5 Å². The van der Waals surface area contributed by atoms with Crippen LogP contribution < -0.4 is 0 Å². The fourth-order valence-electron chi connectivity index (χ4n) is 8.08. The monoisotopic (exact) mass is 1080 g/mol. The predicted molar refractivity (Wildman–Crippen MR) is 325 cm³/mol. The smallest absolute Gasteiger partial charge is 0.462 e. The number of phosphoric ester groups is 1. The molecule has 0 aliphatic carbocycles. The number of carbonyl (C=O) groups excluding carboxylic acids is 2. The van der Waals surface area contributed by atoms with Crippen molar-refractivity contribution in [2.45, 2.75) is 251 Å². The molecule has 0 amide bonds. The van der Waals surface area contributed by atoms with E-state index in [1.807, 2.05) is 21.1 Å². The molecule has 0 heterocycles. The number of esters is 2. The van der Waals surface area contributed by atoms with Crippen LogP contribution >= 0.6 is 7.82 Å². The highest BCUT2D eigenvalue weighted by Gasteiger charge is 2.27. The summed E-state index contributed by atoms with van der Waals surface area (Å²) < 4.78 is 34.6. The summed E-state index contributed by atoms with van der Waals surface area (Å²) in [4.78, 5) is 35.7. The first-order valence-electron chi connectivity index (χ1n) is 30.6. The number of quaternary nitrogens is 1. The lowest BCUT2D eigenvalue weighted by atomic mass is 10.1. The topological polar surface area (TPSA) is 108 Å². The summed E-state index contributed by atoms with van der Waals surface area (Å²) in [5, 5.41) is 0. The highest BCUT2D eigenvalue weighted by molar-refractivity contribution is 7.47. The number of unbranched alkanes of at least 4 members (excludes halogenated alkanes) is 23. The molecular formula is C66H115NO8P+. The van der Waals surface area contributed by atoms with E-state index in [1.54, 1.807) is 0 Å². The van der Waals surface area contributed by atoms with Crippen LogP contribution in [-0.2, 0) is 32.7 Å². The Morgan fingerprint density at radius 2 is 0.750 bits per heavy atom. The lowest BCUT2D eigenvalue weighted by molar-refractivity contribution is -0.870. The van der Waals surface area contributed by atoms with Gasteiger partial charge in [0.2, 0.25) is 0 Å². The molecule has 0 aliphatic heterocycles. The Bertz CT molecular complexity index is 1650. The second-order valence-corrected chi connectivity index (χ2v) is 22.8. The molecule has 2 unspecified atom stereocenters. The second kappa shape index (κ2) is 56.4. The molecule has 0 rings (SSSR count). The Kier molecular flexibility index (Phi) is 53.9. The standard InChI is InChI=1S/C66H114NO8P/c1-6-8-10-12-14-16-18-20-22-24-26-28-29-30-31-32-33-34-35-36-37-39-41-43-45-47-49-51-53-55-57-59-66(69)75-64(63-74-76(70,71)73-61-60-67(3,4)5)62-72-65(68)58-56-54-52-50-48-46-44-42-40-38-27-25-23-21-19-17-15-13-11-9-7-2/h8,10,14,16,20,22,25-28,30-31,33-34,36-37,41,43,64H,6-7,9,11-13,15,17-19,21,23-24,29,32,35,38-40,42,44-63H2,1-5H3/p+1/b10-8-,16-14-,22-20-,27-25-,28-26-,31-30-,34-33-,37-36-,43-41-. The zero-order valence-electron chi connectivity index (χ0n) is 49.5. The lowest BCUT2D eigenvalue weighted by Gasteiger charge is -2.24. The largest absolute Gasteiger partial charge is 0.472 e. The van der Waals surface area contributed by atoms with Crippen molar-refractivity contribution in [3.63, 3.8) is 0 Å². The van der Waals surface area contributed by atoms with Gasteiger partial charge in [0, 0.05) is 12.8 Å². The fraction of sp³-hybridized carbons (Fsp3) is 0.697. The van der Waals surface area contributed by atoms with Crippen molar-refractivity contribution < 1.29 is 42.1 Å². The van der Waals surface area contributed by atoms with Gasteiger partial charge in [-0.15, -0.1) is 0 Å². The molecule has 0 aromatic rings. The summed E-state index contributed by atoms with van der Waals surface area (Å²) in [7, 11) is 1.45. The SMILES string of the molecule is CC/C=C\C/C=C\C/C=C\C/C=C\C/C=C\C/C=C\C/C=C\C/C=C\CCCCCCCCC(=O)OC(COC(=O)CCCCCCCCCCC/C=C\CCCCCCCCCC)COP(=O)(O)OCC[N+](C)(C)C. The second-order valence-electron chi connectivity index (χ2n) is 21.4. The number of nitrogens with zero attached hydrogens (tertiary/aromatic N) is 1. The van der Waals surface area contributed by atoms with E-state index in [1.165, 1.54) is 103 Å². The van der Waals surface area contributed by atoms with Gasteiger partial charge in [-0.3, -0.25) is 18.6 Å². The molecule has 1 N–H and O–H groups in total. The average molecular weight is 1080 g/mol. The van der Waals surface area contributed by atoms with Gasteiger partial charge in [0.25, 0.3) is 0 Å². The summed E-state index contributed by atoms with van der Waals surface area (Å²) >= 11 is 0. The number of hydrogen-bond donors (Lipinski definition) is 1. The van der Waals surface area contributed by atoms with E-state index < -0.39 is 26.5 Å². The Morgan fingerprint density at radius 3 is 1.13 bits per heavy atom. The Balaban J connectivity index is 4.22. The van der Waals surface area contributed by atoms with Crippen molar-refractivity contribution in [3.8, 4) is 0 Å². The first-order chi connectivity index (χ1) is 37.0. The molecule has 0 radical (unpaired) electrons. The first kappa shape index (κ1) is 72.7. The molecule has 10 heteroatoms. The number of carbonyl (C=O) groups is 2. The van der Waals surface area contributed by atoms with Crippen LogP contribution in [0.3, 0.4) is 0 Å². The van der Waals surface area contributed by atoms with E-state index >= 15 is 0 Å². The van der Waals surface area contributed by atoms with Crippen LogP contribution in [0.5, 0.6) is 0 Å². The van der Waals surface area contributed by atoms with Crippen LogP contribution in [0.1, 0.15) is 245 Å². The molecule has 0 aromatic carbocycles. The molecule has 0 aliphatic rings. The van der Waals surface area contributed by atoms with Gasteiger partial charge >= 0.3 is 19.8 Å². The van der Waals surface area contributed by atoms with Crippen LogP contribution in [0.2, 0.25) is 0 Å². The zero-order chi connectivity index (χ0) is 55.6. The fourth-order valence-corrected chi connectivity index (χ4v) is 8.83. The molecule has 0 fully saturated rings. The van der Waals surface area contributed by atoms with Crippen molar-refractivity contribution >= 4 is 19.8 Å². The van der Waals surface area contributed by atoms with Gasteiger partial charge in [-0.25, -0.2) is 4.57 Å². The first-order valence-corrected chi connectivity index (χ1v) is 32.1. The molecule has 436 valence electrons. The molecule has 0 saturated carbocycles. The quantitative estimate of drug-likeness (QED) is 0.0211.